The van der Waals surface area contributed by atoms with Crippen molar-refractivity contribution in [2.24, 2.45) is 11.7 Å². The average molecular weight is 214 g/mol. The van der Waals surface area contributed by atoms with Crippen molar-refractivity contribution in [3.8, 4) is 0 Å². The first-order valence-corrected chi connectivity index (χ1v) is 5.35. The van der Waals surface area contributed by atoms with Gasteiger partial charge in [-0.1, -0.05) is 0 Å². The Morgan fingerprint density at radius 1 is 1.40 bits per heavy atom. The molecule has 1 unspecified atom stereocenters. The summed E-state index contributed by atoms with van der Waals surface area (Å²) in [6.07, 6.45) is 3.90. The van der Waals surface area contributed by atoms with Crippen molar-refractivity contribution >= 4 is 11.9 Å². The standard InChI is InChI=1S/C10H18N2O3/c11-8(13)3-1-2-6-12-9(10(14)15)7-4-5-7/h7,9,12H,1-6H2,(H2,11,13)(H,14,15). The summed E-state index contributed by atoms with van der Waals surface area (Å²) in [4.78, 5) is 21.2. The van der Waals surface area contributed by atoms with Crippen LogP contribution in [0.1, 0.15) is 32.1 Å². The highest BCUT2D eigenvalue weighted by Crippen LogP contribution is 2.32. The fourth-order valence-electron chi connectivity index (χ4n) is 1.57. The van der Waals surface area contributed by atoms with E-state index in [0.717, 1.165) is 25.7 Å². The third-order valence-corrected chi connectivity index (χ3v) is 2.57. The molecule has 0 heterocycles. The molecule has 1 atom stereocenters. The maximum atomic E-state index is 10.8. The summed E-state index contributed by atoms with van der Waals surface area (Å²) in [5.41, 5.74) is 4.99. The minimum atomic E-state index is -0.771. The molecule has 0 aromatic rings. The van der Waals surface area contributed by atoms with Crippen molar-refractivity contribution in [1.29, 1.82) is 0 Å². The van der Waals surface area contributed by atoms with Gasteiger partial charge in [0, 0.05) is 6.42 Å². The van der Waals surface area contributed by atoms with E-state index in [1.54, 1.807) is 0 Å². The van der Waals surface area contributed by atoms with E-state index in [-0.39, 0.29) is 5.91 Å². The molecule has 1 amide bonds. The number of carbonyl (C=O) groups is 2. The van der Waals surface area contributed by atoms with Crippen LogP contribution in [-0.2, 0) is 9.59 Å². The highest BCUT2D eigenvalue weighted by molar-refractivity contribution is 5.74. The van der Waals surface area contributed by atoms with E-state index in [1.165, 1.54) is 0 Å². The Kier molecular flexibility index (Phi) is 4.55. The molecule has 1 saturated carbocycles. The van der Waals surface area contributed by atoms with Gasteiger partial charge in [-0.15, -0.1) is 0 Å². The van der Waals surface area contributed by atoms with Crippen LogP contribution in [0, 0.1) is 5.92 Å². The van der Waals surface area contributed by atoms with Gasteiger partial charge in [0.15, 0.2) is 0 Å². The van der Waals surface area contributed by atoms with Gasteiger partial charge < -0.3 is 16.2 Å². The maximum Gasteiger partial charge on any atom is 0.320 e. The molecule has 0 bridgehead atoms. The summed E-state index contributed by atoms with van der Waals surface area (Å²) in [6, 6.07) is -0.404. The number of carboxylic acids is 1. The molecule has 0 aromatic heterocycles. The number of nitrogens with one attached hydrogen (secondary N) is 1. The number of rotatable bonds is 8. The molecule has 1 aliphatic carbocycles. The van der Waals surface area contributed by atoms with Crippen LogP contribution in [0.15, 0.2) is 0 Å². The second kappa shape index (κ2) is 5.70. The van der Waals surface area contributed by atoms with E-state index in [2.05, 4.69) is 5.32 Å². The molecule has 0 saturated heterocycles. The van der Waals surface area contributed by atoms with Crippen LogP contribution in [0.4, 0.5) is 0 Å². The summed E-state index contributed by atoms with van der Waals surface area (Å²) in [5.74, 6) is -0.766. The molecular formula is C10H18N2O3. The molecule has 1 aliphatic rings. The first-order valence-electron chi connectivity index (χ1n) is 5.35. The Balaban J connectivity index is 2.06. The molecule has 1 rings (SSSR count). The van der Waals surface area contributed by atoms with Gasteiger partial charge in [-0.2, -0.15) is 0 Å². The molecule has 5 nitrogen and oxygen atoms in total. The van der Waals surface area contributed by atoms with Crippen LogP contribution in [-0.4, -0.2) is 29.6 Å². The number of unbranched alkanes of at least 4 members (excludes halogenated alkanes) is 1. The van der Waals surface area contributed by atoms with Gasteiger partial charge in [0.2, 0.25) is 5.91 Å². The zero-order chi connectivity index (χ0) is 11.3. The fraction of sp³-hybridized carbons (Fsp3) is 0.800. The first kappa shape index (κ1) is 12.0. The molecule has 0 aliphatic heterocycles. The fourth-order valence-corrected chi connectivity index (χ4v) is 1.57. The molecule has 1 fully saturated rings. The third-order valence-electron chi connectivity index (χ3n) is 2.57. The van der Waals surface area contributed by atoms with Crippen LogP contribution in [0.2, 0.25) is 0 Å². The number of carbonyl (C=O) groups excluding carboxylic acids is 1. The monoisotopic (exact) mass is 214 g/mol. The Morgan fingerprint density at radius 2 is 2.07 bits per heavy atom. The predicted molar refractivity (Wildman–Crippen MR) is 55.2 cm³/mol. The Labute approximate surface area is 89.0 Å². The lowest BCUT2D eigenvalue weighted by molar-refractivity contribution is -0.140. The third kappa shape index (κ3) is 4.78. The molecule has 15 heavy (non-hydrogen) atoms. The zero-order valence-electron chi connectivity index (χ0n) is 8.74. The Morgan fingerprint density at radius 3 is 2.53 bits per heavy atom. The number of hydrogen-bond acceptors (Lipinski definition) is 3. The van der Waals surface area contributed by atoms with E-state index in [9.17, 15) is 9.59 Å². The number of hydrogen-bond donors (Lipinski definition) is 3. The van der Waals surface area contributed by atoms with Gasteiger partial charge in [0.25, 0.3) is 0 Å². The predicted octanol–water partition coefficient (Wildman–Crippen LogP) is 0.0948. The topological polar surface area (TPSA) is 92.4 Å². The molecule has 86 valence electrons. The lowest BCUT2D eigenvalue weighted by atomic mass is 10.1. The van der Waals surface area contributed by atoms with E-state index in [1.807, 2.05) is 0 Å². The largest absolute Gasteiger partial charge is 0.480 e. The zero-order valence-corrected chi connectivity index (χ0v) is 8.74. The lowest BCUT2D eigenvalue weighted by Gasteiger charge is -2.12. The van der Waals surface area contributed by atoms with Crippen molar-refractivity contribution in [2.45, 2.75) is 38.1 Å². The van der Waals surface area contributed by atoms with Gasteiger partial charge >= 0.3 is 5.97 Å². The molecule has 0 radical (unpaired) electrons. The van der Waals surface area contributed by atoms with Crippen molar-refractivity contribution in [3.63, 3.8) is 0 Å². The Hall–Kier alpha value is -1.10. The smallest absolute Gasteiger partial charge is 0.320 e. The van der Waals surface area contributed by atoms with Crippen LogP contribution < -0.4 is 11.1 Å². The van der Waals surface area contributed by atoms with Crippen molar-refractivity contribution < 1.29 is 14.7 Å². The summed E-state index contributed by atoms with van der Waals surface area (Å²) in [6.45, 7) is 0.640. The number of primary amides is 1. The first-order chi connectivity index (χ1) is 7.11. The van der Waals surface area contributed by atoms with E-state index >= 15 is 0 Å². The van der Waals surface area contributed by atoms with Gasteiger partial charge in [0.05, 0.1) is 0 Å². The summed E-state index contributed by atoms with van der Waals surface area (Å²) in [5, 5.41) is 11.9. The molecule has 0 aromatic carbocycles. The van der Waals surface area contributed by atoms with Gasteiger partial charge in [-0.3, -0.25) is 9.59 Å². The van der Waals surface area contributed by atoms with E-state index in [4.69, 9.17) is 10.8 Å². The van der Waals surface area contributed by atoms with Crippen LogP contribution in [0.5, 0.6) is 0 Å². The minimum absolute atomic E-state index is 0.299. The summed E-state index contributed by atoms with van der Waals surface area (Å²) < 4.78 is 0. The average Bonchev–Trinajstić information content (AvgIpc) is 2.93. The van der Waals surface area contributed by atoms with Crippen molar-refractivity contribution in [2.75, 3.05) is 6.54 Å². The maximum absolute atomic E-state index is 10.8. The highest BCUT2D eigenvalue weighted by atomic mass is 16.4. The second-order valence-corrected chi connectivity index (χ2v) is 4.03. The van der Waals surface area contributed by atoms with Gasteiger partial charge in [-0.25, -0.2) is 0 Å². The quantitative estimate of drug-likeness (QED) is 0.499. The van der Waals surface area contributed by atoms with Gasteiger partial charge in [-0.05, 0) is 38.1 Å². The summed E-state index contributed by atoms with van der Waals surface area (Å²) in [7, 11) is 0. The number of carboxylic acid groups (broad SMARTS) is 1. The second-order valence-electron chi connectivity index (χ2n) is 4.03. The molecule has 4 N–H and O–H groups in total. The highest BCUT2D eigenvalue weighted by Gasteiger charge is 2.35. The van der Waals surface area contributed by atoms with E-state index in [0.29, 0.717) is 18.9 Å². The minimum Gasteiger partial charge on any atom is -0.480 e. The number of amides is 1. The Bertz CT molecular complexity index is 239. The van der Waals surface area contributed by atoms with Gasteiger partial charge in [0.1, 0.15) is 6.04 Å². The number of nitrogens with two attached hydrogens (primary N) is 1. The van der Waals surface area contributed by atoms with E-state index < -0.39 is 12.0 Å². The summed E-state index contributed by atoms with van der Waals surface area (Å²) >= 11 is 0. The normalized spacial score (nSPS) is 17.3. The molecular weight excluding hydrogens is 196 g/mol. The van der Waals surface area contributed by atoms with Crippen LogP contribution >= 0.6 is 0 Å². The van der Waals surface area contributed by atoms with Crippen molar-refractivity contribution in [1.82, 2.24) is 5.32 Å². The van der Waals surface area contributed by atoms with Crippen LogP contribution in [0.3, 0.4) is 0 Å². The number of aliphatic carboxylic acids is 1. The SMILES string of the molecule is NC(=O)CCCCNC(C(=O)O)C1CC1. The molecule has 0 spiro atoms. The van der Waals surface area contributed by atoms with Crippen molar-refractivity contribution in [3.05, 3.63) is 0 Å². The molecule has 5 heteroatoms. The van der Waals surface area contributed by atoms with Crippen LogP contribution in [0.25, 0.3) is 0 Å². The lowest BCUT2D eigenvalue weighted by Crippen LogP contribution is -2.39.